The molecule has 1 unspecified atom stereocenters. The summed E-state index contributed by atoms with van der Waals surface area (Å²) >= 11 is 0. The molecule has 0 aliphatic carbocycles. The van der Waals surface area contributed by atoms with Crippen LogP contribution in [0.3, 0.4) is 0 Å². The van der Waals surface area contributed by atoms with Gasteiger partial charge in [0.25, 0.3) is 0 Å². The number of hydrogen-bond donors (Lipinski definition) is 0. The number of rotatable bonds is 10. The maximum Gasteiger partial charge on any atom is 0.363 e. The van der Waals surface area contributed by atoms with Crippen molar-refractivity contribution < 1.29 is 18.4 Å². The number of esters is 1. The third-order valence-electron chi connectivity index (χ3n) is 2.87. The van der Waals surface area contributed by atoms with Crippen LogP contribution in [0, 0.1) is 0 Å². The Balaban J connectivity index is 2.61. The highest BCUT2D eigenvalue weighted by Gasteiger charge is 2.29. The third kappa shape index (κ3) is 6.84. The summed E-state index contributed by atoms with van der Waals surface area (Å²) in [6.07, 6.45) is 3.54. The van der Waals surface area contributed by atoms with Gasteiger partial charge in [-0.1, -0.05) is 19.4 Å². The van der Waals surface area contributed by atoms with Gasteiger partial charge in [0.2, 0.25) is 0 Å². The molecule has 0 radical (unpaired) electrons. The lowest BCUT2D eigenvalue weighted by atomic mass is 10.3. The molecule has 0 aliphatic rings. The molecule has 1 aromatic heterocycles. The van der Waals surface area contributed by atoms with Crippen LogP contribution in [0.25, 0.3) is 0 Å². The molecule has 0 amide bonds. The molecular formula is C15H25NO4Si. The maximum atomic E-state index is 12.1. The summed E-state index contributed by atoms with van der Waals surface area (Å²) in [5, 5.41) is 0. The van der Waals surface area contributed by atoms with Gasteiger partial charge in [-0.25, -0.2) is 0 Å². The van der Waals surface area contributed by atoms with Crippen LogP contribution in [0.2, 0.25) is 0 Å². The van der Waals surface area contributed by atoms with Crippen molar-refractivity contribution in [2.75, 3.05) is 13.2 Å². The van der Waals surface area contributed by atoms with E-state index in [9.17, 15) is 4.79 Å². The van der Waals surface area contributed by atoms with Gasteiger partial charge in [0.1, 0.15) is 5.73 Å². The zero-order chi connectivity index (χ0) is 15.5. The molecule has 0 aliphatic heterocycles. The normalized spacial score (nSPS) is 12.4. The molecule has 21 heavy (non-hydrogen) atoms. The Hall–Kier alpha value is -1.24. The van der Waals surface area contributed by atoms with Crippen LogP contribution in [0.4, 0.5) is 0 Å². The average molecular weight is 311 g/mol. The molecule has 0 spiro atoms. The molecule has 1 atom stereocenters. The molecule has 1 heterocycles. The molecule has 1 rings (SSSR count). The summed E-state index contributed by atoms with van der Waals surface area (Å²) in [4.78, 5) is 16.2. The number of nitrogens with zero attached hydrogens (tertiary/aromatic N) is 1. The van der Waals surface area contributed by atoms with Crippen LogP contribution in [0.5, 0.6) is 0 Å². The van der Waals surface area contributed by atoms with Gasteiger partial charge in [0, 0.05) is 19.4 Å². The van der Waals surface area contributed by atoms with E-state index in [2.05, 4.69) is 11.9 Å². The fourth-order valence-electron chi connectivity index (χ4n) is 1.99. The van der Waals surface area contributed by atoms with Crippen LogP contribution in [0.1, 0.15) is 39.3 Å². The highest BCUT2D eigenvalue weighted by Crippen LogP contribution is 2.11. The second-order valence-electron chi connectivity index (χ2n) is 4.59. The summed E-state index contributed by atoms with van der Waals surface area (Å²) in [5.41, 5.74) is 0.467. The molecule has 118 valence electrons. The average Bonchev–Trinajstić information content (AvgIpc) is 2.47. The topological polar surface area (TPSA) is 57.7 Å². The smallest absolute Gasteiger partial charge is 0.363 e. The zero-order valence-electron chi connectivity index (χ0n) is 13.1. The van der Waals surface area contributed by atoms with Gasteiger partial charge in [0.05, 0.1) is 12.1 Å². The molecule has 1 aromatic rings. The highest BCUT2D eigenvalue weighted by atomic mass is 28.3. The van der Waals surface area contributed by atoms with E-state index >= 15 is 0 Å². The van der Waals surface area contributed by atoms with Crippen molar-refractivity contribution in [3.05, 3.63) is 30.1 Å². The van der Waals surface area contributed by atoms with Gasteiger partial charge in [0.15, 0.2) is 0 Å². The summed E-state index contributed by atoms with van der Waals surface area (Å²) < 4.78 is 16.9. The summed E-state index contributed by atoms with van der Waals surface area (Å²) in [7, 11) is -1.99. The lowest BCUT2D eigenvalue weighted by Gasteiger charge is -2.24. The largest absolute Gasteiger partial charge is 0.460 e. The number of carbonyl (C=O) groups excluding carboxylic acids is 1. The Kier molecular flexibility index (Phi) is 8.89. The van der Waals surface area contributed by atoms with Gasteiger partial charge in [-0.15, -0.1) is 0 Å². The van der Waals surface area contributed by atoms with Crippen molar-refractivity contribution in [2.24, 2.45) is 0 Å². The molecule has 0 bridgehead atoms. The van der Waals surface area contributed by atoms with Crippen molar-refractivity contribution in [1.82, 2.24) is 4.98 Å². The van der Waals surface area contributed by atoms with Crippen molar-refractivity contribution in [3.63, 3.8) is 0 Å². The van der Waals surface area contributed by atoms with Gasteiger partial charge in [-0.05, 0) is 32.4 Å². The Morgan fingerprint density at radius 3 is 2.48 bits per heavy atom. The molecular weight excluding hydrogens is 286 g/mol. The van der Waals surface area contributed by atoms with E-state index in [1.807, 2.05) is 32.0 Å². The summed E-state index contributed by atoms with van der Waals surface area (Å²) in [6.45, 7) is 7.07. The van der Waals surface area contributed by atoms with E-state index in [-0.39, 0.29) is 18.1 Å². The molecule has 0 aromatic carbocycles. The minimum atomic E-state index is -1.99. The first-order valence-electron chi connectivity index (χ1n) is 7.53. The van der Waals surface area contributed by atoms with Crippen molar-refractivity contribution in [1.29, 1.82) is 0 Å². The first-order valence-corrected chi connectivity index (χ1v) is 9.14. The Morgan fingerprint density at radius 1 is 1.24 bits per heavy atom. The molecule has 5 nitrogen and oxygen atoms in total. The number of aromatic nitrogens is 1. The minimum absolute atomic E-state index is 0.181. The maximum absolute atomic E-state index is 12.1. The number of carbonyl (C=O) groups is 1. The second-order valence-corrected chi connectivity index (χ2v) is 6.74. The predicted molar refractivity (Wildman–Crippen MR) is 83.1 cm³/mol. The fraction of sp³-hybridized carbons (Fsp3) is 0.600. The van der Waals surface area contributed by atoms with Crippen LogP contribution in [-0.2, 0) is 24.8 Å². The number of pyridine rings is 1. The monoisotopic (exact) mass is 311 g/mol. The lowest BCUT2D eigenvalue weighted by Crippen LogP contribution is -2.41. The van der Waals surface area contributed by atoms with E-state index in [4.69, 9.17) is 13.6 Å². The van der Waals surface area contributed by atoms with E-state index < -0.39 is 9.28 Å². The third-order valence-corrected chi connectivity index (χ3v) is 5.27. The van der Waals surface area contributed by atoms with Gasteiger partial charge in [-0.2, -0.15) is 0 Å². The first-order chi connectivity index (χ1) is 10.2. The lowest BCUT2D eigenvalue weighted by molar-refractivity contribution is -0.146. The molecule has 0 saturated carbocycles. The van der Waals surface area contributed by atoms with Crippen molar-refractivity contribution in [2.45, 2.75) is 45.8 Å². The Morgan fingerprint density at radius 2 is 1.95 bits per heavy atom. The summed E-state index contributed by atoms with van der Waals surface area (Å²) in [6, 6.07) is 5.50. The van der Waals surface area contributed by atoms with Crippen LogP contribution in [-0.4, -0.2) is 39.2 Å². The molecule has 0 saturated heterocycles. The number of hydrogen-bond acceptors (Lipinski definition) is 5. The van der Waals surface area contributed by atoms with Crippen molar-refractivity contribution >= 4 is 15.3 Å². The van der Waals surface area contributed by atoms with Crippen LogP contribution in [0.15, 0.2) is 24.4 Å². The molecule has 0 N–H and O–H groups in total. The predicted octanol–water partition coefficient (Wildman–Crippen LogP) is 2.17. The zero-order valence-corrected chi connectivity index (χ0v) is 14.2. The highest BCUT2D eigenvalue weighted by molar-refractivity contribution is 6.46. The van der Waals surface area contributed by atoms with E-state index in [0.29, 0.717) is 18.9 Å². The summed E-state index contributed by atoms with van der Waals surface area (Å²) in [5.74, 6) is -0.274. The molecule has 6 heteroatoms. The Labute approximate surface area is 128 Å². The van der Waals surface area contributed by atoms with E-state index in [0.717, 1.165) is 12.8 Å². The first kappa shape index (κ1) is 17.8. The van der Waals surface area contributed by atoms with E-state index in [1.54, 1.807) is 6.20 Å². The fourth-order valence-corrected chi connectivity index (χ4v) is 4.04. The SMILES string of the molecule is CCCC(OC(=O)Cc1ccccn1)[SiH](OCC)OCC. The Bertz CT molecular complexity index is 396. The number of ether oxygens (including phenoxy) is 1. The van der Waals surface area contributed by atoms with Crippen LogP contribution < -0.4 is 0 Å². The standard InChI is InChI=1S/C15H25NO4Si/c1-4-9-15(21(18-5-2)19-6-3)20-14(17)12-13-10-7-8-11-16-13/h7-8,10-11,15,21H,4-6,9,12H2,1-3H3. The van der Waals surface area contributed by atoms with E-state index in [1.165, 1.54) is 0 Å². The van der Waals surface area contributed by atoms with Crippen molar-refractivity contribution in [3.8, 4) is 0 Å². The quantitative estimate of drug-likeness (QED) is 0.489. The van der Waals surface area contributed by atoms with Gasteiger partial charge < -0.3 is 13.6 Å². The molecule has 0 fully saturated rings. The van der Waals surface area contributed by atoms with Gasteiger partial charge >= 0.3 is 15.3 Å². The second kappa shape index (κ2) is 10.5. The van der Waals surface area contributed by atoms with Gasteiger partial charge in [-0.3, -0.25) is 9.78 Å². The van der Waals surface area contributed by atoms with Crippen LogP contribution >= 0.6 is 0 Å². The minimum Gasteiger partial charge on any atom is -0.460 e.